The van der Waals surface area contributed by atoms with Crippen molar-refractivity contribution in [3.05, 3.63) is 53.0 Å². The van der Waals surface area contributed by atoms with Crippen LogP contribution in [0.4, 0.5) is 0 Å². The van der Waals surface area contributed by atoms with E-state index in [0.717, 1.165) is 22.7 Å². The summed E-state index contributed by atoms with van der Waals surface area (Å²) in [4.78, 5) is 0. The Labute approximate surface area is 116 Å². The first kappa shape index (κ1) is 11.8. The molecule has 0 heterocycles. The molecule has 1 aliphatic rings. The maximum absolute atomic E-state index is 5.82. The molecule has 2 aromatic carbocycles. The normalized spacial score (nSPS) is 14.5. The molecule has 0 N–H and O–H groups in total. The van der Waals surface area contributed by atoms with Crippen LogP contribution >= 0.6 is 15.9 Å². The Kier molecular flexibility index (Phi) is 3.37. The van der Waals surface area contributed by atoms with E-state index in [9.17, 15) is 0 Å². The topological polar surface area (TPSA) is 9.23 Å². The van der Waals surface area contributed by atoms with E-state index in [-0.39, 0.29) is 0 Å². The third-order valence-corrected chi connectivity index (χ3v) is 3.89. The highest BCUT2D eigenvalue weighted by Gasteiger charge is 2.21. The Morgan fingerprint density at radius 2 is 1.89 bits per heavy atom. The molecule has 92 valence electrons. The van der Waals surface area contributed by atoms with Crippen molar-refractivity contribution in [3.63, 3.8) is 0 Å². The van der Waals surface area contributed by atoms with Gasteiger partial charge in [0.15, 0.2) is 0 Å². The molecule has 1 nitrogen and oxygen atoms in total. The molecule has 0 radical (unpaired) electrons. The van der Waals surface area contributed by atoms with Gasteiger partial charge in [-0.2, -0.15) is 0 Å². The molecule has 0 aromatic heterocycles. The van der Waals surface area contributed by atoms with Gasteiger partial charge in [-0.25, -0.2) is 0 Å². The molecule has 0 saturated heterocycles. The zero-order chi connectivity index (χ0) is 12.4. The van der Waals surface area contributed by atoms with E-state index in [1.54, 1.807) is 0 Å². The fraction of sp³-hybridized carbons (Fsp3) is 0.250. The van der Waals surface area contributed by atoms with E-state index in [4.69, 9.17) is 4.74 Å². The fourth-order valence-electron chi connectivity index (χ4n) is 1.95. The smallest absolute Gasteiger partial charge is 0.119 e. The van der Waals surface area contributed by atoms with E-state index in [2.05, 4.69) is 52.3 Å². The second-order valence-corrected chi connectivity index (χ2v) is 5.62. The SMILES string of the molecule is Brc1ccccc1-c1cccc(OCC2CC2)c1. The largest absolute Gasteiger partial charge is 0.493 e. The fourth-order valence-corrected chi connectivity index (χ4v) is 2.46. The summed E-state index contributed by atoms with van der Waals surface area (Å²) >= 11 is 3.59. The van der Waals surface area contributed by atoms with Crippen molar-refractivity contribution in [2.24, 2.45) is 5.92 Å². The average molecular weight is 303 g/mol. The summed E-state index contributed by atoms with van der Waals surface area (Å²) < 4.78 is 6.93. The van der Waals surface area contributed by atoms with Crippen molar-refractivity contribution < 1.29 is 4.74 Å². The zero-order valence-electron chi connectivity index (χ0n) is 10.1. The lowest BCUT2D eigenvalue weighted by atomic mass is 10.1. The quantitative estimate of drug-likeness (QED) is 0.780. The lowest BCUT2D eigenvalue weighted by Gasteiger charge is -2.08. The minimum atomic E-state index is 0.789. The third-order valence-electron chi connectivity index (χ3n) is 3.20. The second-order valence-electron chi connectivity index (χ2n) is 4.76. The molecule has 0 spiro atoms. The monoisotopic (exact) mass is 302 g/mol. The van der Waals surface area contributed by atoms with E-state index in [1.165, 1.54) is 24.0 Å². The van der Waals surface area contributed by atoms with E-state index in [1.807, 2.05) is 12.1 Å². The van der Waals surface area contributed by atoms with Crippen molar-refractivity contribution in [1.82, 2.24) is 0 Å². The van der Waals surface area contributed by atoms with Gasteiger partial charge in [-0.15, -0.1) is 0 Å². The molecule has 2 heteroatoms. The highest BCUT2D eigenvalue weighted by atomic mass is 79.9. The Morgan fingerprint density at radius 1 is 1.06 bits per heavy atom. The van der Waals surface area contributed by atoms with Crippen molar-refractivity contribution in [3.8, 4) is 16.9 Å². The van der Waals surface area contributed by atoms with Crippen LogP contribution in [-0.2, 0) is 0 Å². The highest BCUT2D eigenvalue weighted by molar-refractivity contribution is 9.10. The van der Waals surface area contributed by atoms with Crippen LogP contribution in [0.15, 0.2) is 53.0 Å². The van der Waals surface area contributed by atoms with Gasteiger partial charge < -0.3 is 4.74 Å². The number of hydrogen-bond donors (Lipinski definition) is 0. The van der Waals surface area contributed by atoms with Crippen molar-refractivity contribution in [2.75, 3.05) is 6.61 Å². The van der Waals surface area contributed by atoms with E-state index < -0.39 is 0 Å². The van der Waals surface area contributed by atoms with Crippen molar-refractivity contribution in [1.29, 1.82) is 0 Å². The van der Waals surface area contributed by atoms with Gasteiger partial charge in [-0.1, -0.05) is 46.3 Å². The van der Waals surface area contributed by atoms with Gasteiger partial charge in [0.1, 0.15) is 5.75 Å². The first-order valence-electron chi connectivity index (χ1n) is 6.31. The van der Waals surface area contributed by atoms with Crippen LogP contribution in [0, 0.1) is 5.92 Å². The molecule has 18 heavy (non-hydrogen) atoms. The average Bonchev–Trinajstić information content (AvgIpc) is 3.21. The van der Waals surface area contributed by atoms with Crippen LogP contribution in [-0.4, -0.2) is 6.61 Å². The molecule has 0 unspecified atom stereocenters. The minimum absolute atomic E-state index is 0.789. The summed E-state index contributed by atoms with van der Waals surface area (Å²) in [5.74, 6) is 1.76. The van der Waals surface area contributed by atoms with Crippen LogP contribution in [0.3, 0.4) is 0 Å². The number of halogens is 1. The summed E-state index contributed by atoms with van der Waals surface area (Å²) in [5, 5.41) is 0. The summed E-state index contributed by atoms with van der Waals surface area (Å²) in [7, 11) is 0. The zero-order valence-corrected chi connectivity index (χ0v) is 11.7. The van der Waals surface area contributed by atoms with Gasteiger partial charge in [0.05, 0.1) is 6.61 Å². The predicted molar refractivity (Wildman–Crippen MR) is 77.8 cm³/mol. The molecular weight excluding hydrogens is 288 g/mol. The van der Waals surface area contributed by atoms with Crippen LogP contribution in [0.25, 0.3) is 11.1 Å². The Balaban J connectivity index is 1.83. The van der Waals surface area contributed by atoms with Gasteiger partial charge in [-0.05, 0) is 48.1 Å². The van der Waals surface area contributed by atoms with Gasteiger partial charge >= 0.3 is 0 Å². The molecule has 3 rings (SSSR count). The van der Waals surface area contributed by atoms with Gasteiger partial charge in [0.25, 0.3) is 0 Å². The molecule has 1 fully saturated rings. The van der Waals surface area contributed by atoms with E-state index >= 15 is 0 Å². The second kappa shape index (κ2) is 5.15. The number of ether oxygens (including phenoxy) is 1. The third kappa shape index (κ3) is 2.75. The van der Waals surface area contributed by atoms with E-state index in [0.29, 0.717) is 0 Å². The molecular formula is C16H15BrO. The summed E-state index contributed by atoms with van der Waals surface area (Å²) in [6, 6.07) is 16.6. The molecule has 2 aromatic rings. The summed E-state index contributed by atoms with van der Waals surface area (Å²) in [6.45, 7) is 0.861. The molecule has 0 atom stereocenters. The Bertz CT molecular complexity index is 546. The predicted octanol–water partition coefficient (Wildman–Crippen LogP) is 4.90. The van der Waals surface area contributed by atoms with Crippen LogP contribution in [0.2, 0.25) is 0 Å². The number of rotatable bonds is 4. The van der Waals surface area contributed by atoms with Crippen LogP contribution < -0.4 is 4.74 Å². The van der Waals surface area contributed by atoms with Crippen LogP contribution in [0.5, 0.6) is 5.75 Å². The van der Waals surface area contributed by atoms with Crippen molar-refractivity contribution in [2.45, 2.75) is 12.8 Å². The molecule has 1 saturated carbocycles. The minimum Gasteiger partial charge on any atom is -0.493 e. The number of hydrogen-bond acceptors (Lipinski definition) is 1. The lowest BCUT2D eigenvalue weighted by molar-refractivity contribution is 0.300. The molecule has 0 aliphatic heterocycles. The first-order chi connectivity index (χ1) is 8.83. The Hall–Kier alpha value is -1.28. The van der Waals surface area contributed by atoms with Crippen molar-refractivity contribution >= 4 is 15.9 Å². The highest BCUT2D eigenvalue weighted by Crippen LogP contribution is 2.32. The molecule has 1 aliphatic carbocycles. The Morgan fingerprint density at radius 3 is 2.67 bits per heavy atom. The van der Waals surface area contributed by atoms with Gasteiger partial charge in [0.2, 0.25) is 0 Å². The summed E-state index contributed by atoms with van der Waals surface area (Å²) in [6.07, 6.45) is 2.65. The van der Waals surface area contributed by atoms with Gasteiger partial charge in [-0.3, -0.25) is 0 Å². The maximum atomic E-state index is 5.82. The lowest BCUT2D eigenvalue weighted by Crippen LogP contribution is -1.98. The molecule has 0 bridgehead atoms. The standard InChI is InChI=1S/C16H15BrO/c17-16-7-2-1-6-15(16)13-4-3-5-14(10-13)18-11-12-8-9-12/h1-7,10,12H,8-9,11H2. The van der Waals surface area contributed by atoms with Crippen LogP contribution in [0.1, 0.15) is 12.8 Å². The summed E-state index contributed by atoms with van der Waals surface area (Å²) in [5.41, 5.74) is 2.39. The number of benzene rings is 2. The van der Waals surface area contributed by atoms with Gasteiger partial charge in [0, 0.05) is 4.47 Å². The first-order valence-corrected chi connectivity index (χ1v) is 7.10. The maximum Gasteiger partial charge on any atom is 0.119 e. The molecule has 0 amide bonds.